The zero-order valence-electron chi connectivity index (χ0n) is 14.3. The summed E-state index contributed by atoms with van der Waals surface area (Å²) < 4.78 is 0. The van der Waals surface area contributed by atoms with E-state index >= 15 is 0 Å². The number of fused-ring (bicyclic) bond motifs is 1. The Hall–Kier alpha value is -2.52. The fraction of sp³-hybridized carbons (Fsp3) is 0.474. The molecular weight excluding hydrogens is 312 g/mol. The van der Waals surface area contributed by atoms with Crippen molar-refractivity contribution in [3.8, 4) is 17.2 Å². The highest BCUT2D eigenvalue weighted by Gasteiger charge is 2.23. The highest BCUT2D eigenvalue weighted by atomic mass is 14.9. The number of nitrogens with zero attached hydrogens (tertiary/aromatic N) is 4. The highest BCUT2D eigenvalue weighted by Crippen LogP contribution is 2.34. The van der Waals surface area contributed by atoms with Crippen LogP contribution in [0.1, 0.15) is 60.7 Å². The van der Waals surface area contributed by atoms with Gasteiger partial charge < -0.3 is 11.1 Å². The molecule has 1 saturated carbocycles. The minimum atomic E-state index is 0.300. The molecule has 0 aromatic carbocycles. The molecule has 0 radical (unpaired) electrons. The standard InChI is InChI=1S/C19H22N6/c20-8-14-17(15-11-22-7-6-16(15)25-18(14)21)13-9-23-19(24-10-13)12-4-2-1-3-5-12/h9-10,12,22H,1-7,11H2,(H2,21,25). The molecule has 0 atom stereocenters. The Bertz CT molecular complexity index is 815. The largest absolute Gasteiger partial charge is 0.383 e. The SMILES string of the molecule is N#Cc1c(N)nc2c(c1-c1cnc(C3CCCCC3)nc1)CNCC2. The molecule has 0 spiro atoms. The zero-order chi connectivity index (χ0) is 17.2. The van der Waals surface area contributed by atoms with Crippen molar-refractivity contribution >= 4 is 5.82 Å². The number of pyridine rings is 1. The minimum absolute atomic E-state index is 0.300. The fourth-order valence-electron chi connectivity index (χ4n) is 3.98. The van der Waals surface area contributed by atoms with Crippen LogP contribution in [0.25, 0.3) is 11.1 Å². The summed E-state index contributed by atoms with van der Waals surface area (Å²) in [5.41, 5.74) is 10.2. The van der Waals surface area contributed by atoms with Gasteiger partial charge in [0, 0.05) is 54.6 Å². The Kier molecular flexibility index (Phi) is 4.33. The average Bonchev–Trinajstić information content (AvgIpc) is 2.68. The number of nitrogens with one attached hydrogen (secondary N) is 1. The molecule has 3 heterocycles. The van der Waals surface area contributed by atoms with Crippen molar-refractivity contribution in [3.63, 3.8) is 0 Å². The molecule has 2 aromatic heterocycles. The van der Waals surface area contributed by atoms with Crippen molar-refractivity contribution in [3.05, 3.63) is 35.0 Å². The molecule has 0 amide bonds. The summed E-state index contributed by atoms with van der Waals surface area (Å²) >= 11 is 0. The van der Waals surface area contributed by atoms with Gasteiger partial charge in [0.1, 0.15) is 23.3 Å². The molecule has 25 heavy (non-hydrogen) atoms. The summed E-state index contributed by atoms with van der Waals surface area (Å²) in [6, 6.07) is 2.22. The first kappa shape index (κ1) is 16.0. The van der Waals surface area contributed by atoms with E-state index in [4.69, 9.17) is 5.73 Å². The first-order valence-corrected chi connectivity index (χ1v) is 9.02. The van der Waals surface area contributed by atoms with Crippen LogP contribution in [0.5, 0.6) is 0 Å². The number of hydrogen-bond acceptors (Lipinski definition) is 6. The second-order valence-corrected chi connectivity index (χ2v) is 6.88. The Morgan fingerprint density at radius 3 is 2.64 bits per heavy atom. The molecule has 0 bridgehead atoms. The number of nitrogens with two attached hydrogens (primary N) is 1. The van der Waals surface area contributed by atoms with Crippen molar-refractivity contribution in [2.75, 3.05) is 12.3 Å². The van der Waals surface area contributed by atoms with Gasteiger partial charge in [-0.1, -0.05) is 19.3 Å². The second kappa shape index (κ2) is 6.77. The quantitative estimate of drug-likeness (QED) is 0.876. The van der Waals surface area contributed by atoms with E-state index < -0.39 is 0 Å². The van der Waals surface area contributed by atoms with Crippen molar-refractivity contribution in [1.29, 1.82) is 5.26 Å². The molecule has 2 aromatic rings. The first-order valence-electron chi connectivity index (χ1n) is 9.02. The van der Waals surface area contributed by atoms with Gasteiger partial charge in [-0.05, 0) is 18.4 Å². The molecule has 4 rings (SSSR count). The van der Waals surface area contributed by atoms with Crippen LogP contribution in [0, 0.1) is 11.3 Å². The molecule has 1 aliphatic heterocycles. The Morgan fingerprint density at radius 1 is 1.16 bits per heavy atom. The van der Waals surface area contributed by atoms with E-state index in [0.29, 0.717) is 23.8 Å². The van der Waals surface area contributed by atoms with Crippen LogP contribution in [-0.2, 0) is 13.0 Å². The van der Waals surface area contributed by atoms with E-state index in [1.54, 1.807) is 0 Å². The molecule has 3 N–H and O–H groups in total. The molecular formula is C19H22N6. The lowest BCUT2D eigenvalue weighted by molar-refractivity contribution is 0.428. The average molecular weight is 334 g/mol. The van der Waals surface area contributed by atoms with Crippen molar-refractivity contribution in [2.45, 2.75) is 51.0 Å². The van der Waals surface area contributed by atoms with Crippen molar-refractivity contribution < 1.29 is 0 Å². The number of hydrogen-bond donors (Lipinski definition) is 2. The molecule has 0 saturated heterocycles. The molecule has 1 aliphatic carbocycles. The van der Waals surface area contributed by atoms with Gasteiger partial charge in [-0.3, -0.25) is 0 Å². The van der Waals surface area contributed by atoms with Crippen LogP contribution in [0.4, 0.5) is 5.82 Å². The first-order chi connectivity index (χ1) is 12.3. The maximum atomic E-state index is 9.59. The molecule has 6 nitrogen and oxygen atoms in total. The number of rotatable bonds is 2. The molecule has 1 fully saturated rings. The molecule has 128 valence electrons. The molecule has 0 unspecified atom stereocenters. The van der Waals surface area contributed by atoms with E-state index in [1.165, 1.54) is 32.1 Å². The van der Waals surface area contributed by atoms with Gasteiger partial charge in [0.2, 0.25) is 0 Å². The Labute approximate surface area is 147 Å². The Balaban J connectivity index is 1.76. The normalized spacial score (nSPS) is 17.7. The second-order valence-electron chi connectivity index (χ2n) is 6.88. The lowest BCUT2D eigenvalue weighted by Gasteiger charge is -2.22. The van der Waals surface area contributed by atoms with Crippen molar-refractivity contribution in [1.82, 2.24) is 20.3 Å². The Morgan fingerprint density at radius 2 is 1.92 bits per heavy atom. The van der Waals surface area contributed by atoms with E-state index in [1.807, 2.05) is 12.4 Å². The van der Waals surface area contributed by atoms with Crippen LogP contribution >= 0.6 is 0 Å². The number of aromatic nitrogens is 3. The third-order valence-electron chi connectivity index (χ3n) is 5.29. The summed E-state index contributed by atoms with van der Waals surface area (Å²) in [7, 11) is 0. The summed E-state index contributed by atoms with van der Waals surface area (Å²) in [6.07, 6.45) is 10.7. The lowest BCUT2D eigenvalue weighted by atomic mass is 9.88. The third kappa shape index (κ3) is 2.96. The van der Waals surface area contributed by atoms with E-state index in [0.717, 1.165) is 41.2 Å². The summed E-state index contributed by atoms with van der Waals surface area (Å²) in [5, 5.41) is 12.9. The minimum Gasteiger partial charge on any atom is -0.383 e. The van der Waals surface area contributed by atoms with Gasteiger partial charge in [0.15, 0.2) is 0 Å². The third-order valence-corrected chi connectivity index (χ3v) is 5.29. The number of nitrogen functional groups attached to an aromatic ring is 1. The zero-order valence-corrected chi connectivity index (χ0v) is 14.3. The van der Waals surface area contributed by atoms with E-state index in [2.05, 4.69) is 26.3 Å². The number of anilines is 1. The van der Waals surface area contributed by atoms with E-state index in [-0.39, 0.29) is 0 Å². The van der Waals surface area contributed by atoms with Gasteiger partial charge in [-0.15, -0.1) is 0 Å². The highest BCUT2D eigenvalue weighted by molar-refractivity contribution is 5.78. The predicted octanol–water partition coefficient (Wildman–Crippen LogP) is 2.69. The van der Waals surface area contributed by atoms with Crippen molar-refractivity contribution in [2.24, 2.45) is 0 Å². The maximum absolute atomic E-state index is 9.59. The summed E-state index contributed by atoms with van der Waals surface area (Å²) in [6.45, 7) is 1.57. The van der Waals surface area contributed by atoms with Gasteiger partial charge in [-0.2, -0.15) is 5.26 Å². The van der Waals surface area contributed by atoms with E-state index in [9.17, 15) is 5.26 Å². The monoisotopic (exact) mass is 334 g/mol. The summed E-state index contributed by atoms with van der Waals surface area (Å²) in [5.74, 6) is 1.70. The maximum Gasteiger partial charge on any atom is 0.142 e. The molecule has 6 heteroatoms. The van der Waals surface area contributed by atoms with Crippen LogP contribution in [-0.4, -0.2) is 21.5 Å². The number of nitriles is 1. The molecule has 2 aliphatic rings. The van der Waals surface area contributed by atoms with Crippen LogP contribution in [0.15, 0.2) is 12.4 Å². The summed E-state index contributed by atoms with van der Waals surface area (Å²) in [4.78, 5) is 13.7. The smallest absolute Gasteiger partial charge is 0.142 e. The lowest BCUT2D eigenvalue weighted by Crippen LogP contribution is -2.26. The van der Waals surface area contributed by atoms with Gasteiger partial charge in [0.05, 0.1) is 0 Å². The van der Waals surface area contributed by atoms with Gasteiger partial charge >= 0.3 is 0 Å². The van der Waals surface area contributed by atoms with Crippen LogP contribution in [0.2, 0.25) is 0 Å². The van der Waals surface area contributed by atoms with Crippen LogP contribution < -0.4 is 11.1 Å². The topological polar surface area (TPSA) is 101 Å². The predicted molar refractivity (Wildman–Crippen MR) is 95.6 cm³/mol. The fourth-order valence-corrected chi connectivity index (χ4v) is 3.98. The van der Waals surface area contributed by atoms with Gasteiger partial charge in [-0.25, -0.2) is 15.0 Å². The van der Waals surface area contributed by atoms with Crippen LogP contribution in [0.3, 0.4) is 0 Å². The van der Waals surface area contributed by atoms with Gasteiger partial charge in [0.25, 0.3) is 0 Å².